The Kier molecular flexibility index (Phi) is 6.12. The second kappa shape index (κ2) is 9.15. The van der Waals surface area contributed by atoms with Crippen molar-refractivity contribution in [2.24, 2.45) is 5.92 Å². The number of nitrogen functional groups attached to an aromatic ring is 1. The number of methoxy groups -OCH3 is 1. The number of aromatic nitrogens is 2. The maximum Gasteiger partial charge on any atom is 0.253 e. The van der Waals surface area contributed by atoms with E-state index in [-0.39, 0.29) is 29.3 Å². The van der Waals surface area contributed by atoms with E-state index in [4.69, 9.17) is 10.5 Å². The van der Waals surface area contributed by atoms with Gasteiger partial charge in [-0.1, -0.05) is 0 Å². The molecule has 1 aromatic heterocycles. The molecule has 9 heteroatoms. The fourth-order valence-corrected chi connectivity index (χ4v) is 3.94. The Hall–Kier alpha value is -4.14. The molecule has 1 saturated heterocycles. The lowest BCUT2D eigenvalue weighted by molar-refractivity contribution is -0.114. The standard InChI is InChI=1S/C24H25N5O4/c1-15(30)27-18-5-3-16(4-6-18)24(32)28-12-11-17(14-28)22(31)21-13-26-29(23(21)25)19-7-9-20(33-2)10-8-19/h3-10,13,17H,11-12,14,25H2,1-2H3,(H,27,30)/t17-/m1/s1. The molecular formula is C24H25N5O4. The number of Topliss-reactive ketones (excluding diaryl/α,β-unsaturated/α-hetero) is 1. The summed E-state index contributed by atoms with van der Waals surface area (Å²) in [5.41, 5.74) is 8.45. The third-order valence-electron chi connectivity index (χ3n) is 5.69. The van der Waals surface area contributed by atoms with Crippen LogP contribution in [0.5, 0.6) is 5.75 Å². The molecule has 0 bridgehead atoms. The maximum absolute atomic E-state index is 13.1. The first kappa shape index (κ1) is 22.1. The molecule has 1 aliphatic heterocycles. The van der Waals surface area contributed by atoms with Gasteiger partial charge in [0.15, 0.2) is 5.78 Å². The van der Waals surface area contributed by atoms with Crippen LogP contribution in [0.2, 0.25) is 0 Å². The van der Waals surface area contributed by atoms with Crippen molar-refractivity contribution in [2.75, 3.05) is 31.2 Å². The number of nitrogens with one attached hydrogen (secondary N) is 1. The number of rotatable bonds is 6. The summed E-state index contributed by atoms with van der Waals surface area (Å²) in [6.07, 6.45) is 2.04. The van der Waals surface area contributed by atoms with Crippen molar-refractivity contribution >= 4 is 29.1 Å². The molecule has 1 aliphatic rings. The lowest BCUT2D eigenvalue weighted by Gasteiger charge is -2.16. The summed E-state index contributed by atoms with van der Waals surface area (Å²) in [5, 5.41) is 6.95. The monoisotopic (exact) mass is 447 g/mol. The van der Waals surface area contributed by atoms with Gasteiger partial charge in [0.05, 0.1) is 24.6 Å². The van der Waals surface area contributed by atoms with Crippen LogP contribution in [0.3, 0.4) is 0 Å². The van der Waals surface area contributed by atoms with E-state index in [1.807, 2.05) is 12.1 Å². The Bertz CT molecular complexity index is 1180. The number of benzene rings is 2. The molecule has 1 atom stereocenters. The third-order valence-corrected chi connectivity index (χ3v) is 5.69. The highest BCUT2D eigenvalue weighted by molar-refractivity contribution is 6.03. The van der Waals surface area contributed by atoms with Crippen molar-refractivity contribution in [2.45, 2.75) is 13.3 Å². The number of amides is 2. The highest BCUT2D eigenvalue weighted by Gasteiger charge is 2.33. The Morgan fingerprint density at radius 1 is 1.09 bits per heavy atom. The first-order valence-corrected chi connectivity index (χ1v) is 10.6. The van der Waals surface area contributed by atoms with Crippen LogP contribution in [-0.2, 0) is 4.79 Å². The average Bonchev–Trinajstić information content (AvgIpc) is 3.46. The summed E-state index contributed by atoms with van der Waals surface area (Å²) >= 11 is 0. The Balaban J connectivity index is 1.44. The van der Waals surface area contributed by atoms with E-state index in [0.29, 0.717) is 42.1 Å². The van der Waals surface area contributed by atoms with Gasteiger partial charge in [-0.25, -0.2) is 4.68 Å². The molecule has 0 saturated carbocycles. The van der Waals surface area contributed by atoms with Gasteiger partial charge < -0.3 is 20.7 Å². The second-order valence-corrected chi connectivity index (χ2v) is 7.91. The van der Waals surface area contributed by atoms with Gasteiger partial charge in [0.1, 0.15) is 11.6 Å². The average molecular weight is 447 g/mol. The van der Waals surface area contributed by atoms with Crippen LogP contribution in [0.25, 0.3) is 5.69 Å². The van der Waals surface area contributed by atoms with E-state index in [1.165, 1.54) is 17.8 Å². The van der Waals surface area contributed by atoms with Gasteiger partial charge in [-0.2, -0.15) is 5.10 Å². The van der Waals surface area contributed by atoms with Crippen LogP contribution in [0.15, 0.2) is 54.7 Å². The van der Waals surface area contributed by atoms with Crippen molar-refractivity contribution in [3.05, 3.63) is 65.9 Å². The second-order valence-electron chi connectivity index (χ2n) is 7.91. The number of ketones is 1. The smallest absolute Gasteiger partial charge is 0.253 e. The van der Waals surface area contributed by atoms with Crippen LogP contribution in [0.1, 0.15) is 34.1 Å². The molecule has 4 rings (SSSR count). The number of carbonyl (C=O) groups excluding carboxylic acids is 3. The number of nitrogens with two attached hydrogens (primary N) is 1. The lowest BCUT2D eigenvalue weighted by atomic mass is 9.98. The number of carbonyl (C=O) groups is 3. The van der Waals surface area contributed by atoms with E-state index >= 15 is 0 Å². The summed E-state index contributed by atoms with van der Waals surface area (Å²) in [6, 6.07) is 13.9. The van der Waals surface area contributed by atoms with Crippen LogP contribution >= 0.6 is 0 Å². The number of likely N-dealkylation sites (tertiary alicyclic amines) is 1. The number of hydrogen-bond donors (Lipinski definition) is 2. The molecule has 2 amide bonds. The first-order chi connectivity index (χ1) is 15.9. The van der Waals surface area contributed by atoms with Gasteiger partial charge in [0.25, 0.3) is 5.91 Å². The molecule has 2 heterocycles. The predicted octanol–water partition coefficient (Wildman–Crippen LogP) is 2.77. The van der Waals surface area contributed by atoms with Gasteiger partial charge in [-0.05, 0) is 55.0 Å². The van der Waals surface area contributed by atoms with Crippen LogP contribution < -0.4 is 15.8 Å². The van der Waals surface area contributed by atoms with Gasteiger partial charge >= 0.3 is 0 Å². The molecule has 1 fully saturated rings. The molecule has 170 valence electrons. The van der Waals surface area contributed by atoms with Crippen LogP contribution in [0.4, 0.5) is 11.5 Å². The van der Waals surface area contributed by atoms with E-state index in [2.05, 4.69) is 10.4 Å². The van der Waals surface area contributed by atoms with Crippen molar-refractivity contribution < 1.29 is 19.1 Å². The van der Waals surface area contributed by atoms with E-state index in [1.54, 1.807) is 48.4 Å². The Morgan fingerprint density at radius 3 is 2.42 bits per heavy atom. The lowest BCUT2D eigenvalue weighted by Crippen LogP contribution is -2.30. The van der Waals surface area contributed by atoms with Crippen molar-refractivity contribution in [1.82, 2.24) is 14.7 Å². The molecule has 0 aliphatic carbocycles. The Labute approximate surface area is 191 Å². The van der Waals surface area contributed by atoms with Crippen molar-refractivity contribution in [3.63, 3.8) is 0 Å². The number of anilines is 2. The molecule has 0 spiro atoms. The summed E-state index contributed by atoms with van der Waals surface area (Å²) in [4.78, 5) is 38.8. The minimum atomic E-state index is -0.344. The van der Waals surface area contributed by atoms with Crippen LogP contribution in [-0.4, -0.2) is 52.5 Å². The highest BCUT2D eigenvalue weighted by atomic mass is 16.5. The zero-order chi connectivity index (χ0) is 23.5. The molecule has 2 aromatic carbocycles. The van der Waals surface area contributed by atoms with E-state index in [0.717, 1.165) is 5.69 Å². The summed E-state index contributed by atoms with van der Waals surface area (Å²) in [6.45, 7) is 2.22. The summed E-state index contributed by atoms with van der Waals surface area (Å²) in [7, 11) is 1.59. The highest BCUT2D eigenvalue weighted by Crippen LogP contribution is 2.27. The molecule has 3 aromatic rings. The molecular weight excluding hydrogens is 422 g/mol. The van der Waals surface area contributed by atoms with Gasteiger partial charge in [0, 0.05) is 37.2 Å². The first-order valence-electron chi connectivity index (χ1n) is 10.6. The molecule has 3 N–H and O–H groups in total. The quantitative estimate of drug-likeness (QED) is 0.561. The topological polar surface area (TPSA) is 120 Å². The Morgan fingerprint density at radius 2 is 1.79 bits per heavy atom. The molecule has 9 nitrogen and oxygen atoms in total. The summed E-state index contributed by atoms with van der Waals surface area (Å²) in [5.74, 6) is 0.183. The predicted molar refractivity (Wildman–Crippen MR) is 124 cm³/mol. The maximum atomic E-state index is 13.1. The number of ether oxygens (including phenoxy) is 1. The molecule has 0 unspecified atom stereocenters. The van der Waals surface area contributed by atoms with Crippen LogP contribution in [0, 0.1) is 5.92 Å². The third kappa shape index (κ3) is 4.57. The van der Waals surface area contributed by atoms with Gasteiger partial charge in [0.2, 0.25) is 5.91 Å². The summed E-state index contributed by atoms with van der Waals surface area (Å²) < 4.78 is 6.68. The fourth-order valence-electron chi connectivity index (χ4n) is 3.94. The SMILES string of the molecule is COc1ccc(-n2ncc(C(=O)[C@@H]3CCN(C(=O)c4ccc(NC(C)=O)cc4)C3)c2N)cc1. The van der Waals surface area contributed by atoms with Crippen molar-refractivity contribution in [3.8, 4) is 11.4 Å². The number of hydrogen-bond acceptors (Lipinski definition) is 6. The zero-order valence-corrected chi connectivity index (χ0v) is 18.4. The van der Waals surface area contributed by atoms with Crippen molar-refractivity contribution in [1.29, 1.82) is 0 Å². The van der Waals surface area contributed by atoms with E-state index < -0.39 is 0 Å². The normalized spacial score (nSPS) is 15.3. The number of nitrogens with zero attached hydrogens (tertiary/aromatic N) is 3. The van der Waals surface area contributed by atoms with E-state index in [9.17, 15) is 14.4 Å². The fraction of sp³-hybridized carbons (Fsp3) is 0.250. The molecule has 33 heavy (non-hydrogen) atoms. The largest absolute Gasteiger partial charge is 0.497 e. The minimum absolute atomic E-state index is 0.122. The minimum Gasteiger partial charge on any atom is -0.497 e. The van der Waals surface area contributed by atoms with Gasteiger partial charge in [-0.3, -0.25) is 14.4 Å². The zero-order valence-electron chi connectivity index (χ0n) is 18.4. The molecule has 0 radical (unpaired) electrons. The van der Waals surface area contributed by atoms with Gasteiger partial charge in [-0.15, -0.1) is 0 Å².